The third-order valence-electron chi connectivity index (χ3n) is 5.52. The maximum absolute atomic E-state index is 5.91. The molecule has 1 fully saturated rings. The fourth-order valence-corrected chi connectivity index (χ4v) is 4.75. The van der Waals surface area contributed by atoms with E-state index >= 15 is 0 Å². The standard InChI is InChI=1S/C23H27N3OS/c1-17-16-28-22(26-17)21-11-7-6-8-18(21)14-24-20-12-13-23(27-2,25-15-20)19-9-4-3-5-10-19/h3-11,16,20,24-25H,12-15H2,1-2H3. The summed E-state index contributed by atoms with van der Waals surface area (Å²) in [6, 6.07) is 19.4. The number of ether oxygens (including phenoxy) is 1. The Morgan fingerprint density at radius 1 is 1.18 bits per heavy atom. The van der Waals surface area contributed by atoms with Crippen molar-refractivity contribution in [1.82, 2.24) is 15.6 Å². The molecule has 0 radical (unpaired) electrons. The van der Waals surface area contributed by atoms with Crippen molar-refractivity contribution >= 4 is 11.3 Å². The van der Waals surface area contributed by atoms with Crippen LogP contribution in [0.3, 0.4) is 0 Å². The normalized spacial score (nSPS) is 22.3. The Bertz CT molecular complexity index is 901. The molecule has 2 atom stereocenters. The van der Waals surface area contributed by atoms with Crippen molar-refractivity contribution in [1.29, 1.82) is 0 Å². The summed E-state index contributed by atoms with van der Waals surface area (Å²) in [6.45, 7) is 3.76. The van der Waals surface area contributed by atoms with Gasteiger partial charge in [0.25, 0.3) is 0 Å². The van der Waals surface area contributed by atoms with E-state index in [9.17, 15) is 0 Å². The second-order valence-electron chi connectivity index (χ2n) is 7.35. The number of nitrogens with zero attached hydrogens (tertiary/aromatic N) is 1. The first-order valence-electron chi connectivity index (χ1n) is 9.80. The summed E-state index contributed by atoms with van der Waals surface area (Å²) in [6.07, 6.45) is 2.01. The summed E-state index contributed by atoms with van der Waals surface area (Å²) >= 11 is 1.71. The highest BCUT2D eigenvalue weighted by atomic mass is 32.1. The van der Waals surface area contributed by atoms with Gasteiger partial charge in [0, 0.05) is 42.9 Å². The highest BCUT2D eigenvalue weighted by Gasteiger charge is 2.36. The third kappa shape index (κ3) is 4.03. The smallest absolute Gasteiger partial charge is 0.145 e. The fourth-order valence-electron chi connectivity index (χ4n) is 3.89. The molecule has 1 aliphatic rings. The number of rotatable bonds is 6. The number of methoxy groups -OCH3 is 1. The zero-order chi connectivity index (χ0) is 19.4. The van der Waals surface area contributed by atoms with Crippen LogP contribution in [0.15, 0.2) is 60.0 Å². The van der Waals surface area contributed by atoms with Crippen molar-refractivity contribution in [2.45, 2.75) is 38.1 Å². The Morgan fingerprint density at radius 3 is 2.64 bits per heavy atom. The molecule has 0 bridgehead atoms. The molecule has 2 N–H and O–H groups in total. The number of aryl methyl sites for hydroxylation is 1. The monoisotopic (exact) mass is 393 g/mol. The van der Waals surface area contributed by atoms with E-state index in [1.54, 1.807) is 18.4 Å². The lowest BCUT2D eigenvalue weighted by molar-refractivity contribution is -0.0699. The van der Waals surface area contributed by atoms with Crippen LogP contribution in [-0.2, 0) is 17.0 Å². The van der Waals surface area contributed by atoms with Gasteiger partial charge >= 0.3 is 0 Å². The maximum atomic E-state index is 5.91. The van der Waals surface area contributed by atoms with E-state index in [0.29, 0.717) is 6.04 Å². The average Bonchev–Trinajstić information content (AvgIpc) is 3.19. The van der Waals surface area contributed by atoms with E-state index < -0.39 is 0 Å². The SMILES string of the molecule is COC1(c2ccccc2)CCC(NCc2ccccc2-c2nc(C)cs2)CN1. The van der Waals surface area contributed by atoms with E-state index in [2.05, 4.69) is 69.5 Å². The number of nitrogens with one attached hydrogen (secondary N) is 2. The molecule has 28 heavy (non-hydrogen) atoms. The molecule has 0 spiro atoms. The van der Waals surface area contributed by atoms with Gasteiger partial charge in [0.1, 0.15) is 10.7 Å². The van der Waals surface area contributed by atoms with Gasteiger partial charge in [-0.05, 0) is 30.9 Å². The molecule has 0 aliphatic carbocycles. The molecular formula is C23H27N3OS. The van der Waals surface area contributed by atoms with E-state index in [-0.39, 0.29) is 5.72 Å². The van der Waals surface area contributed by atoms with Crippen molar-refractivity contribution < 1.29 is 4.74 Å². The van der Waals surface area contributed by atoms with E-state index in [4.69, 9.17) is 4.74 Å². The molecule has 1 saturated heterocycles. The van der Waals surface area contributed by atoms with Crippen molar-refractivity contribution in [3.05, 3.63) is 76.8 Å². The van der Waals surface area contributed by atoms with Crippen LogP contribution < -0.4 is 10.6 Å². The first-order valence-corrected chi connectivity index (χ1v) is 10.7. The first-order chi connectivity index (χ1) is 13.7. The molecule has 2 unspecified atom stereocenters. The van der Waals surface area contributed by atoms with Gasteiger partial charge < -0.3 is 10.1 Å². The van der Waals surface area contributed by atoms with Crippen LogP contribution in [-0.4, -0.2) is 24.7 Å². The average molecular weight is 394 g/mol. The Hall–Kier alpha value is -2.05. The van der Waals surface area contributed by atoms with Crippen molar-refractivity contribution in [3.8, 4) is 10.6 Å². The van der Waals surface area contributed by atoms with Crippen LogP contribution in [0.1, 0.15) is 29.7 Å². The summed E-state index contributed by atoms with van der Waals surface area (Å²) in [5, 5.41) is 10.6. The van der Waals surface area contributed by atoms with Crippen molar-refractivity contribution in [2.24, 2.45) is 0 Å². The van der Waals surface area contributed by atoms with E-state index in [0.717, 1.165) is 36.6 Å². The molecule has 1 aliphatic heterocycles. The number of benzene rings is 2. The zero-order valence-corrected chi connectivity index (χ0v) is 17.3. The third-order valence-corrected chi connectivity index (χ3v) is 6.51. The largest absolute Gasteiger partial charge is 0.360 e. The van der Waals surface area contributed by atoms with Gasteiger partial charge in [-0.2, -0.15) is 0 Å². The van der Waals surface area contributed by atoms with Crippen LogP contribution in [0.25, 0.3) is 10.6 Å². The van der Waals surface area contributed by atoms with Gasteiger partial charge in [-0.3, -0.25) is 5.32 Å². The second kappa shape index (κ2) is 8.53. The molecule has 146 valence electrons. The number of thiazole rings is 1. The minimum Gasteiger partial charge on any atom is -0.360 e. The second-order valence-corrected chi connectivity index (χ2v) is 8.20. The van der Waals surface area contributed by atoms with E-state index in [1.165, 1.54) is 16.7 Å². The minimum absolute atomic E-state index is 0.379. The molecule has 2 aromatic carbocycles. The fraction of sp³-hybridized carbons (Fsp3) is 0.348. The minimum atomic E-state index is -0.379. The summed E-state index contributed by atoms with van der Waals surface area (Å²) in [4.78, 5) is 4.66. The molecule has 4 nitrogen and oxygen atoms in total. The van der Waals surface area contributed by atoms with Gasteiger partial charge in [-0.1, -0.05) is 54.6 Å². The predicted octanol–water partition coefficient (Wildman–Crippen LogP) is 4.46. The van der Waals surface area contributed by atoms with Gasteiger partial charge in [0.05, 0.1) is 0 Å². The topological polar surface area (TPSA) is 46.2 Å². The number of hydrogen-bond acceptors (Lipinski definition) is 5. The van der Waals surface area contributed by atoms with Crippen LogP contribution >= 0.6 is 11.3 Å². The van der Waals surface area contributed by atoms with Gasteiger partial charge in [-0.15, -0.1) is 11.3 Å². The lowest BCUT2D eigenvalue weighted by atomic mass is 9.91. The molecule has 3 aromatic rings. The van der Waals surface area contributed by atoms with Gasteiger partial charge in [-0.25, -0.2) is 4.98 Å². The quantitative estimate of drug-likeness (QED) is 0.649. The summed E-state index contributed by atoms with van der Waals surface area (Å²) in [7, 11) is 1.79. The molecule has 1 aromatic heterocycles. The van der Waals surface area contributed by atoms with Crippen molar-refractivity contribution in [2.75, 3.05) is 13.7 Å². The summed E-state index contributed by atoms with van der Waals surface area (Å²) in [5.74, 6) is 0. The zero-order valence-electron chi connectivity index (χ0n) is 16.4. The molecule has 0 saturated carbocycles. The summed E-state index contributed by atoms with van der Waals surface area (Å²) < 4.78 is 5.91. The van der Waals surface area contributed by atoms with Crippen LogP contribution in [0, 0.1) is 6.92 Å². The van der Waals surface area contributed by atoms with Crippen LogP contribution in [0.2, 0.25) is 0 Å². The van der Waals surface area contributed by atoms with Crippen molar-refractivity contribution in [3.63, 3.8) is 0 Å². The molecule has 2 heterocycles. The Kier molecular flexibility index (Phi) is 5.87. The van der Waals surface area contributed by atoms with Gasteiger partial charge in [0.2, 0.25) is 0 Å². The Morgan fingerprint density at radius 2 is 1.96 bits per heavy atom. The Balaban J connectivity index is 1.40. The molecule has 5 heteroatoms. The first kappa shape index (κ1) is 19.3. The maximum Gasteiger partial charge on any atom is 0.145 e. The molecular weight excluding hydrogens is 366 g/mol. The van der Waals surface area contributed by atoms with Gasteiger partial charge in [0.15, 0.2) is 0 Å². The lowest BCUT2D eigenvalue weighted by Crippen LogP contribution is -2.55. The highest BCUT2D eigenvalue weighted by Crippen LogP contribution is 2.31. The van der Waals surface area contributed by atoms with Crippen LogP contribution in [0.5, 0.6) is 0 Å². The summed E-state index contributed by atoms with van der Waals surface area (Å²) in [5.41, 5.74) is 4.42. The number of aromatic nitrogens is 1. The van der Waals surface area contributed by atoms with Crippen LogP contribution in [0.4, 0.5) is 0 Å². The van der Waals surface area contributed by atoms with E-state index in [1.807, 2.05) is 13.0 Å². The highest BCUT2D eigenvalue weighted by molar-refractivity contribution is 7.13. The number of hydrogen-bond donors (Lipinski definition) is 2. The lowest BCUT2D eigenvalue weighted by Gasteiger charge is -2.41. The molecule has 0 amide bonds. The predicted molar refractivity (Wildman–Crippen MR) is 115 cm³/mol. The Labute approximate surface area is 171 Å². The molecule has 4 rings (SSSR count). The number of piperidine rings is 1.